The van der Waals surface area contributed by atoms with Crippen LogP contribution in [-0.4, -0.2) is 30.6 Å². The predicted molar refractivity (Wildman–Crippen MR) is 55.5 cm³/mol. The first-order chi connectivity index (χ1) is 6.35. The molecule has 2 aliphatic rings. The number of likely N-dealkylation sites (tertiary alicyclic amines) is 1. The average molecular weight is 182 g/mol. The first-order valence-corrected chi connectivity index (χ1v) is 5.79. The highest BCUT2D eigenvalue weighted by atomic mass is 15.2. The smallest absolute Gasteiger partial charge is 0.0127 e. The highest BCUT2D eigenvalue weighted by Crippen LogP contribution is 2.41. The van der Waals surface area contributed by atoms with E-state index in [2.05, 4.69) is 11.8 Å². The van der Waals surface area contributed by atoms with E-state index in [1.165, 1.54) is 38.8 Å². The molecule has 1 aliphatic heterocycles. The van der Waals surface area contributed by atoms with Gasteiger partial charge in [-0.15, -0.1) is 0 Å². The molecule has 1 saturated carbocycles. The van der Waals surface area contributed by atoms with Gasteiger partial charge in [-0.2, -0.15) is 0 Å². The van der Waals surface area contributed by atoms with E-state index in [1.807, 2.05) is 0 Å². The maximum Gasteiger partial charge on any atom is 0.0127 e. The number of hydrogen-bond donors (Lipinski definition) is 1. The van der Waals surface area contributed by atoms with Gasteiger partial charge in [0.1, 0.15) is 0 Å². The van der Waals surface area contributed by atoms with Crippen LogP contribution in [0.2, 0.25) is 0 Å². The molecule has 1 saturated heterocycles. The molecular weight excluding hydrogens is 160 g/mol. The fourth-order valence-electron chi connectivity index (χ4n) is 2.72. The number of rotatable bonds is 4. The van der Waals surface area contributed by atoms with Crippen molar-refractivity contribution >= 4 is 0 Å². The Morgan fingerprint density at radius 3 is 2.92 bits per heavy atom. The molecule has 0 radical (unpaired) electrons. The fraction of sp³-hybridized carbons (Fsp3) is 1.00. The molecule has 0 spiro atoms. The molecule has 2 heteroatoms. The van der Waals surface area contributed by atoms with E-state index in [1.54, 1.807) is 0 Å². The van der Waals surface area contributed by atoms with Gasteiger partial charge in [-0.3, -0.25) is 4.90 Å². The van der Waals surface area contributed by atoms with E-state index >= 15 is 0 Å². The highest BCUT2D eigenvalue weighted by molar-refractivity contribution is 4.97. The molecule has 2 N–H and O–H groups in total. The van der Waals surface area contributed by atoms with Crippen molar-refractivity contribution in [3.05, 3.63) is 0 Å². The predicted octanol–water partition coefficient (Wildman–Crippen LogP) is 1.46. The number of nitrogens with two attached hydrogens (primary N) is 1. The Morgan fingerprint density at radius 2 is 2.31 bits per heavy atom. The van der Waals surface area contributed by atoms with Gasteiger partial charge in [-0.25, -0.2) is 0 Å². The van der Waals surface area contributed by atoms with Gasteiger partial charge in [-0.1, -0.05) is 13.3 Å². The minimum atomic E-state index is 0.794. The van der Waals surface area contributed by atoms with Gasteiger partial charge >= 0.3 is 0 Å². The average Bonchev–Trinajstić information content (AvgIpc) is 2.76. The molecule has 2 nitrogen and oxygen atoms in total. The van der Waals surface area contributed by atoms with E-state index in [9.17, 15) is 0 Å². The summed E-state index contributed by atoms with van der Waals surface area (Å²) in [5.74, 6) is 1.82. The van der Waals surface area contributed by atoms with Gasteiger partial charge in [-0.05, 0) is 44.2 Å². The summed E-state index contributed by atoms with van der Waals surface area (Å²) < 4.78 is 0. The lowest BCUT2D eigenvalue weighted by atomic mass is 10.1. The lowest BCUT2D eigenvalue weighted by molar-refractivity contribution is 0.297. The largest absolute Gasteiger partial charge is 0.330 e. The highest BCUT2D eigenvalue weighted by Gasteiger charge is 2.42. The van der Waals surface area contributed by atoms with Gasteiger partial charge in [0.05, 0.1) is 0 Å². The molecule has 0 aromatic heterocycles. The van der Waals surface area contributed by atoms with Crippen LogP contribution in [0.1, 0.15) is 32.6 Å². The zero-order chi connectivity index (χ0) is 9.26. The molecule has 13 heavy (non-hydrogen) atoms. The second-order valence-corrected chi connectivity index (χ2v) is 4.74. The van der Waals surface area contributed by atoms with Crippen LogP contribution in [0.3, 0.4) is 0 Å². The Hall–Kier alpha value is -0.0800. The molecule has 1 aliphatic carbocycles. The molecule has 1 heterocycles. The molecular formula is C11H22N2. The molecule has 0 aromatic rings. The van der Waals surface area contributed by atoms with Crippen LogP contribution in [0.15, 0.2) is 0 Å². The summed E-state index contributed by atoms with van der Waals surface area (Å²) in [5, 5.41) is 0. The summed E-state index contributed by atoms with van der Waals surface area (Å²) in [5.41, 5.74) is 5.68. The summed E-state index contributed by atoms with van der Waals surface area (Å²) in [4.78, 5) is 2.68. The summed E-state index contributed by atoms with van der Waals surface area (Å²) in [7, 11) is 0. The quantitative estimate of drug-likeness (QED) is 0.713. The molecule has 3 unspecified atom stereocenters. The summed E-state index contributed by atoms with van der Waals surface area (Å²) in [6, 6.07) is 0.941. The minimum absolute atomic E-state index is 0.794. The van der Waals surface area contributed by atoms with Crippen molar-refractivity contribution in [1.29, 1.82) is 0 Å². The fourth-order valence-corrected chi connectivity index (χ4v) is 2.72. The maximum absolute atomic E-state index is 5.68. The van der Waals surface area contributed by atoms with Gasteiger partial charge in [0, 0.05) is 12.6 Å². The second-order valence-electron chi connectivity index (χ2n) is 4.74. The molecule has 0 amide bonds. The van der Waals surface area contributed by atoms with Crippen LogP contribution >= 0.6 is 0 Å². The summed E-state index contributed by atoms with van der Waals surface area (Å²) >= 11 is 0. The van der Waals surface area contributed by atoms with Crippen molar-refractivity contribution in [2.45, 2.75) is 38.6 Å². The molecule has 0 aromatic carbocycles. The third-order valence-electron chi connectivity index (χ3n) is 3.66. The molecule has 76 valence electrons. The van der Waals surface area contributed by atoms with Gasteiger partial charge in [0.15, 0.2) is 0 Å². The molecule has 2 fully saturated rings. The first kappa shape index (κ1) is 9.47. The van der Waals surface area contributed by atoms with Crippen molar-refractivity contribution in [1.82, 2.24) is 4.90 Å². The van der Waals surface area contributed by atoms with Crippen LogP contribution in [0.4, 0.5) is 0 Å². The standard InChI is InChI=1S/C11H22N2/c1-2-3-10-6-11(10)13-5-4-9(7-12)8-13/h9-11H,2-8,12H2,1H3. The zero-order valence-electron chi connectivity index (χ0n) is 8.71. The molecule has 3 atom stereocenters. The van der Waals surface area contributed by atoms with E-state index in [-0.39, 0.29) is 0 Å². The van der Waals surface area contributed by atoms with Crippen LogP contribution in [0.25, 0.3) is 0 Å². The van der Waals surface area contributed by atoms with Crippen LogP contribution < -0.4 is 5.73 Å². The number of nitrogens with zero attached hydrogens (tertiary/aromatic N) is 1. The zero-order valence-corrected chi connectivity index (χ0v) is 8.71. The van der Waals surface area contributed by atoms with Crippen molar-refractivity contribution in [3.63, 3.8) is 0 Å². The first-order valence-electron chi connectivity index (χ1n) is 5.79. The Bertz CT molecular complexity index is 169. The van der Waals surface area contributed by atoms with Crippen molar-refractivity contribution in [2.75, 3.05) is 19.6 Å². The lowest BCUT2D eigenvalue weighted by Gasteiger charge is -2.15. The van der Waals surface area contributed by atoms with E-state index in [0.717, 1.165) is 24.4 Å². The van der Waals surface area contributed by atoms with E-state index < -0.39 is 0 Å². The third kappa shape index (κ3) is 2.05. The molecule has 0 bridgehead atoms. The van der Waals surface area contributed by atoms with Gasteiger partial charge in [0.2, 0.25) is 0 Å². The summed E-state index contributed by atoms with van der Waals surface area (Å²) in [6.45, 7) is 5.78. The second kappa shape index (κ2) is 3.97. The SMILES string of the molecule is CCCC1CC1N1CCC(CN)C1. The van der Waals surface area contributed by atoms with Crippen molar-refractivity contribution < 1.29 is 0 Å². The monoisotopic (exact) mass is 182 g/mol. The maximum atomic E-state index is 5.68. The van der Waals surface area contributed by atoms with Crippen LogP contribution in [0.5, 0.6) is 0 Å². The molecule has 2 rings (SSSR count). The van der Waals surface area contributed by atoms with E-state index in [0.29, 0.717) is 0 Å². The topological polar surface area (TPSA) is 29.3 Å². The number of hydrogen-bond acceptors (Lipinski definition) is 2. The van der Waals surface area contributed by atoms with Gasteiger partial charge < -0.3 is 5.73 Å². The Kier molecular flexibility index (Phi) is 2.89. The normalized spacial score (nSPS) is 39.7. The van der Waals surface area contributed by atoms with Crippen molar-refractivity contribution in [2.24, 2.45) is 17.6 Å². The van der Waals surface area contributed by atoms with Crippen LogP contribution in [0, 0.1) is 11.8 Å². The lowest BCUT2D eigenvalue weighted by Crippen LogP contribution is -2.26. The third-order valence-corrected chi connectivity index (χ3v) is 3.66. The Morgan fingerprint density at radius 1 is 1.46 bits per heavy atom. The summed E-state index contributed by atoms with van der Waals surface area (Å²) in [6.07, 6.45) is 5.60. The van der Waals surface area contributed by atoms with Crippen molar-refractivity contribution in [3.8, 4) is 0 Å². The van der Waals surface area contributed by atoms with E-state index in [4.69, 9.17) is 5.73 Å². The van der Waals surface area contributed by atoms with Gasteiger partial charge in [0.25, 0.3) is 0 Å². The minimum Gasteiger partial charge on any atom is -0.330 e. The Balaban J connectivity index is 1.72. The Labute approximate surface area is 81.5 Å². The van der Waals surface area contributed by atoms with Crippen LogP contribution in [-0.2, 0) is 0 Å².